The molecule has 1 amide bonds. The fourth-order valence-electron chi connectivity index (χ4n) is 2.98. The molecule has 0 bridgehead atoms. The Balaban J connectivity index is 1.64. The Morgan fingerprint density at radius 2 is 2.04 bits per heavy atom. The third kappa shape index (κ3) is 3.23. The molecule has 6 nitrogen and oxygen atoms in total. The van der Waals surface area contributed by atoms with Crippen molar-refractivity contribution < 1.29 is 13.7 Å². The Morgan fingerprint density at radius 3 is 2.67 bits per heavy atom. The van der Waals surface area contributed by atoms with Gasteiger partial charge in [0, 0.05) is 30.4 Å². The van der Waals surface area contributed by atoms with Gasteiger partial charge < -0.3 is 13.8 Å². The van der Waals surface area contributed by atoms with Crippen LogP contribution >= 0.6 is 0 Å². The fourth-order valence-corrected chi connectivity index (χ4v) is 2.98. The van der Waals surface area contributed by atoms with E-state index < -0.39 is 0 Å². The summed E-state index contributed by atoms with van der Waals surface area (Å²) in [7, 11) is 0. The molecule has 24 heavy (non-hydrogen) atoms. The summed E-state index contributed by atoms with van der Waals surface area (Å²) >= 11 is 0. The lowest BCUT2D eigenvalue weighted by atomic mass is 9.97. The van der Waals surface area contributed by atoms with E-state index in [2.05, 4.69) is 30.9 Å². The van der Waals surface area contributed by atoms with E-state index in [-0.39, 0.29) is 11.3 Å². The molecule has 0 saturated heterocycles. The first-order valence-corrected chi connectivity index (χ1v) is 8.44. The average molecular weight is 331 g/mol. The highest BCUT2D eigenvalue weighted by Crippen LogP contribution is 2.27. The molecule has 0 radical (unpaired) electrons. The van der Waals surface area contributed by atoms with Gasteiger partial charge in [0.2, 0.25) is 5.91 Å². The van der Waals surface area contributed by atoms with Crippen LogP contribution in [0.25, 0.3) is 0 Å². The van der Waals surface area contributed by atoms with Crippen molar-refractivity contribution in [1.82, 2.24) is 15.0 Å². The van der Waals surface area contributed by atoms with Gasteiger partial charge in [0.25, 0.3) is 0 Å². The lowest BCUT2D eigenvalue weighted by molar-refractivity contribution is -0.132. The number of nitrogens with zero attached hydrogens (tertiary/aromatic N) is 3. The van der Waals surface area contributed by atoms with Gasteiger partial charge in [-0.05, 0) is 20.3 Å². The van der Waals surface area contributed by atoms with Gasteiger partial charge in [0.15, 0.2) is 5.89 Å². The zero-order valence-corrected chi connectivity index (χ0v) is 15.1. The minimum absolute atomic E-state index is 0.116. The van der Waals surface area contributed by atoms with Gasteiger partial charge in [-0.25, -0.2) is 4.98 Å². The van der Waals surface area contributed by atoms with Gasteiger partial charge in [-0.15, -0.1) is 0 Å². The quantitative estimate of drug-likeness (QED) is 0.864. The molecule has 0 aromatic carbocycles. The molecule has 0 atom stereocenters. The second-order valence-electron chi connectivity index (χ2n) is 7.51. The summed E-state index contributed by atoms with van der Waals surface area (Å²) in [6.07, 6.45) is 1.85. The molecule has 0 unspecified atom stereocenters. The molecule has 6 heteroatoms. The van der Waals surface area contributed by atoms with E-state index in [0.717, 1.165) is 40.8 Å². The Labute approximate surface area is 142 Å². The standard InChI is InChI=1S/C18H25N3O3/c1-11-13(12(2)24-20-11)6-7-16(22)21-9-8-15-14(10-21)19-17(23-15)18(3,4)5/h6-10H2,1-5H3. The molecular formula is C18H25N3O3. The van der Waals surface area contributed by atoms with Gasteiger partial charge >= 0.3 is 0 Å². The SMILES string of the molecule is Cc1noc(C)c1CCC(=O)N1CCc2oc(C(C)(C)C)nc2C1. The first-order valence-electron chi connectivity index (χ1n) is 8.44. The molecular weight excluding hydrogens is 306 g/mol. The van der Waals surface area contributed by atoms with Crippen molar-refractivity contribution in [3.05, 3.63) is 34.4 Å². The summed E-state index contributed by atoms with van der Waals surface area (Å²) in [5, 5.41) is 3.94. The van der Waals surface area contributed by atoms with Crippen LogP contribution in [0.2, 0.25) is 0 Å². The zero-order chi connectivity index (χ0) is 17.5. The maximum atomic E-state index is 12.5. The van der Waals surface area contributed by atoms with Gasteiger partial charge in [-0.2, -0.15) is 0 Å². The van der Waals surface area contributed by atoms with Crippen LogP contribution in [-0.2, 0) is 29.6 Å². The van der Waals surface area contributed by atoms with E-state index in [4.69, 9.17) is 8.94 Å². The highest BCUT2D eigenvalue weighted by Gasteiger charge is 2.29. The number of hydrogen-bond donors (Lipinski definition) is 0. The lowest BCUT2D eigenvalue weighted by Gasteiger charge is -2.25. The van der Waals surface area contributed by atoms with E-state index in [1.165, 1.54) is 0 Å². The van der Waals surface area contributed by atoms with E-state index in [1.54, 1.807) is 0 Å². The van der Waals surface area contributed by atoms with Crippen LogP contribution < -0.4 is 0 Å². The van der Waals surface area contributed by atoms with Crippen LogP contribution in [0.4, 0.5) is 0 Å². The summed E-state index contributed by atoms with van der Waals surface area (Å²) < 4.78 is 11.0. The topological polar surface area (TPSA) is 72.4 Å². The van der Waals surface area contributed by atoms with Crippen LogP contribution in [0.15, 0.2) is 8.94 Å². The Morgan fingerprint density at radius 1 is 1.29 bits per heavy atom. The zero-order valence-electron chi connectivity index (χ0n) is 15.1. The molecule has 1 aliphatic rings. The van der Waals surface area contributed by atoms with Crippen molar-refractivity contribution in [2.24, 2.45) is 0 Å². The fraction of sp³-hybridized carbons (Fsp3) is 0.611. The number of carbonyl (C=O) groups is 1. The number of hydrogen-bond acceptors (Lipinski definition) is 5. The second kappa shape index (κ2) is 6.07. The number of carbonyl (C=O) groups excluding carboxylic acids is 1. The normalized spacial score (nSPS) is 14.8. The average Bonchev–Trinajstić information content (AvgIpc) is 3.08. The summed E-state index contributed by atoms with van der Waals surface area (Å²) in [6.45, 7) is 11.3. The predicted octanol–water partition coefficient (Wildman–Crippen LogP) is 3.09. The van der Waals surface area contributed by atoms with Crippen LogP contribution in [0.1, 0.15) is 61.6 Å². The van der Waals surface area contributed by atoms with Gasteiger partial charge in [-0.1, -0.05) is 25.9 Å². The molecule has 3 heterocycles. The smallest absolute Gasteiger partial charge is 0.223 e. The molecule has 1 aliphatic heterocycles. The summed E-state index contributed by atoms with van der Waals surface area (Å²) in [6, 6.07) is 0. The number of aryl methyl sites for hydroxylation is 2. The highest BCUT2D eigenvalue weighted by atomic mass is 16.5. The summed E-state index contributed by atoms with van der Waals surface area (Å²) in [4.78, 5) is 19.0. The second-order valence-corrected chi connectivity index (χ2v) is 7.51. The Bertz CT molecular complexity index is 733. The largest absolute Gasteiger partial charge is 0.445 e. The van der Waals surface area contributed by atoms with Crippen LogP contribution in [0, 0.1) is 13.8 Å². The predicted molar refractivity (Wildman–Crippen MR) is 88.6 cm³/mol. The molecule has 0 spiro atoms. The van der Waals surface area contributed by atoms with E-state index >= 15 is 0 Å². The molecule has 0 fully saturated rings. The van der Waals surface area contributed by atoms with E-state index in [0.29, 0.717) is 25.9 Å². The Kier molecular flexibility index (Phi) is 4.24. The number of rotatable bonds is 3. The maximum absolute atomic E-state index is 12.5. The van der Waals surface area contributed by atoms with Gasteiger partial charge in [0.1, 0.15) is 17.2 Å². The van der Waals surface area contributed by atoms with Gasteiger partial charge in [0.05, 0.1) is 12.2 Å². The number of amides is 1. The van der Waals surface area contributed by atoms with Crippen molar-refractivity contribution in [2.75, 3.05) is 6.54 Å². The van der Waals surface area contributed by atoms with Crippen molar-refractivity contribution >= 4 is 5.91 Å². The van der Waals surface area contributed by atoms with Crippen molar-refractivity contribution in [1.29, 1.82) is 0 Å². The van der Waals surface area contributed by atoms with E-state index in [9.17, 15) is 4.79 Å². The minimum Gasteiger partial charge on any atom is -0.445 e. The molecule has 2 aromatic heterocycles. The van der Waals surface area contributed by atoms with Crippen LogP contribution in [0.5, 0.6) is 0 Å². The third-order valence-electron chi connectivity index (χ3n) is 4.49. The molecule has 130 valence electrons. The summed E-state index contributed by atoms with van der Waals surface area (Å²) in [5.41, 5.74) is 2.69. The van der Waals surface area contributed by atoms with Crippen molar-refractivity contribution in [3.63, 3.8) is 0 Å². The number of fused-ring (bicyclic) bond motifs is 1. The first-order chi connectivity index (χ1) is 11.3. The van der Waals surface area contributed by atoms with E-state index in [1.807, 2.05) is 18.7 Å². The first kappa shape index (κ1) is 16.7. The third-order valence-corrected chi connectivity index (χ3v) is 4.49. The molecule has 3 rings (SSSR count). The maximum Gasteiger partial charge on any atom is 0.223 e. The summed E-state index contributed by atoms with van der Waals surface area (Å²) in [5.74, 6) is 2.61. The highest BCUT2D eigenvalue weighted by molar-refractivity contribution is 5.76. The van der Waals surface area contributed by atoms with Crippen molar-refractivity contribution in [2.45, 2.75) is 65.8 Å². The van der Waals surface area contributed by atoms with Gasteiger partial charge in [-0.3, -0.25) is 4.79 Å². The number of oxazole rings is 1. The minimum atomic E-state index is -0.116. The monoisotopic (exact) mass is 331 g/mol. The molecule has 0 aliphatic carbocycles. The van der Waals surface area contributed by atoms with Crippen LogP contribution in [0.3, 0.4) is 0 Å². The van der Waals surface area contributed by atoms with Crippen molar-refractivity contribution in [3.8, 4) is 0 Å². The molecule has 0 N–H and O–H groups in total. The molecule has 0 saturated carbocycles. The molecule has 2 aromatic rings. The van der Waals surface area contributed by atoms with Crippen LogP contribution in [-0.4, -0.2) is 27.5 Å². The number of aromatic nitrogens is 2. The lowest BCUT2D eigenvalue weighted by Crippen LogP contribution is -2.36. The Hall–Kier alpha value is -2.11.